The van der Waals surface area contributed by atoms with E-state index in [2.05, 4.69) is 33.1 Å². The summed E-state index contributed by atoms with van der Waals surface area (Å²) in [5.74, 6) is 1.48. The third-order valence-electron chi connectivity index (χ3n) is 4.57. The van der Waals surface area contributed by atoms with Gasteiger partial charge in [0, 0.05) is 37.9 Å². The maximum atomic E-state index is 11.7. The molecule has 0 saturated heterocycles. The fraction of sp³-hybridized carbons (Fsp3) is 0.417. The Hall–Kier alpha value is -3.06. The number of aliphatic imine (C=N–C) groups is 1. The van der Waals surface area contributed by atoms with Crippen LogP contribution < -0.4 is 20.7 Å². The van der Waals surface area contributed by atoms with Crippen molar-refractivity contribution < 1.29 is 14.3 Å². The highest BCUT2D eigenvalue weighted by molar-refractivity contribution is 5.93. The van der Waals surface area contributed by atoms with Crippen LogP contribution in [0.15, 0.2) is 47.5 Å². The van der Waals surface area contributed by atoms with Crippen molar-refractivity contribution >= 4 is 11.9 Å². The van der Waals surface area contributed by atoms with Gasteiger partial charge in [-0.1, -0.05) is 24.3 Å². The Kier molecular flexibility index (Phi) is 10.4. The predicted octanol–water partition coefficient (Wildman–Crippen LogP) is 3.03. The molecule has 2 aromatic carbocycles. The molecule has 0 bridgehead atoms. The maximum Gasteiger partial charge on any atom is 0.251 e. The Bertz CT molecular complexity index is 850. The van der Waals surface area contributed by atoms with Gasteiger partial charge in [0.15, 0.2) is 5.96 Å². The van der Waals surface area contributed by atoms with Crippen LogP contribution >= 0.6 is 0 Å². The number of amides is 1. The van der Waals surface area contributed by atoms with Crippen molar-refractivity contribution in [2.45, 2.75) is 33.9 Å². The van der Waals surface area contributed by atoms with Gasteiger partial charge in [-0.2, -0.15) is 0 Å². The number of aryl methyl sites for hydroxylation is 1. The largest absolute Gasteiger partial charge is 0.491 e. The van der Waals surface area contributed by atoms with Crippen LogP contribution in [-0.2, 0) is 17.8 Å². The summed E-state index contributed by atoms with van der Waals surface area (Å²) in [7, 11) is 1.62. The van der Waals surface area contributed by atoms with E-state index in [0.29, 0.717) is 38.5 Å². The molecule has 0 aromatic heterocycles. The second-order valence-corrected chi connectivity index (χ2v) is 6.98. The summed E-state index contributed by atoms with van der Waals surface area (Å²) < 4.78 is 11.3. The second kappa shape index (κ2) is 13.3. The molecule has 0 radical (unpaired) electrons. The van der Waals surface area contributed by atoms with Gasteiger partial charge in [0.2, 0.25) is 0 Å². The van der Waals surface area contributed by atoms with Crippen LogP contribution in [0.4, 0.5) is 0 Å². The first-order valence-electron chi connectivity index (χ1n) is 10.7. The van der Waals surface area contributed by atoms with Crippen LogP contribution in [0.5, 0.6) is 5.75 Å². The molecule has 1 amide bonds. The number of ether oxygens (including phenoxy) is 2. The summed E-state index contributed by atoms with van der Waals surface area (Å²) in [6.07, 6.45) is 0. The van der Waals surface area contributed by atoms with E-state index in [1.807, 2.05) is 51.1 Å². The third-order valence-corrected chi connectivity index (χ3v) is 4.57. The van der Waals surface area contributed by atoms with Gasteiger partial charge in [0.05, 0.1) is 13.2 Å². The Morgan fingerprint density at radius 3 is 2.48 bits per heavy atom. The van der Waals surface area contributed by atoms with Crippen molar-refractivity contribution in [3.8, 4) is 5.75 Å². The van der Waals surface area contributed by atoms with Crippen LogP contribution in [0.2, 0.25) is 0 Å². The van der Waals surface area contributed by atoms with Gasteiger partial charge >= 0.3 is 0 Å². The first-order chi connectivity index (χ1) is 15.1. The van der Waals surface area contributed by atoms with Crippen molar-refractivity contribution in [3.05, 3.63) is 64.7 Å². The number of guanidine groups is 1. The van der Waals surface area contributed by atoms with Crippen molar-refractivity contribution in [2.75, 3.05) is 33.4 Å². The van der Waals surface area contributed by atoms with Crippen LogP contribution in [0, 0.1) is 6.92 Å². The molecule has 0 fully saturated rings. The van der Waals surface area contributed by atoms with E-state index in [0.717, 1.165) is 34.9 Å². The fourth-order valence-corrected chi connectivity index (χ4v) is 2.89. The zero-order valence-electron chi connectivity index (χ0n) is 19.0. The molecule has 3 N–H and O–H groups in total. The molecule has 31 heavy (non-hydrogen) atoms. The molecule has 2 aromatic rings. The van der Waals surface area contributed by atoms with Crippen LogP contribution in [-0.4, -0.2) is 45.3 Å². The molecule has 0 saturated carbocycles. The van der Waals surface area contributed by atoms with E-state index in [-0.39, 0.29) is 5.91 Å². The van der Waals surface area contributed by atoms with Crippen LogP contribution in [0.1, 0.15) is 40.9 Å². The van der Waals surface area contributed by atoms with Gasteiger partial charge in [-0.3, -0.25) is 4.79 Å². The van der Waals surface area contributed by atoms with Gasteiger partial charge in [-0.15, -0.1) is 0 Å². The highest BCUT2D eigenvalue weighted by Gasteiger charge is 2.07. The number of carbonyl (C=O) groups excluding carboxylic acids is 1. The summed E-state index contributed by atoms with van der Waals surface area (Å²) in [6.45, 7) is 9.68. The Balaban J connectivity index is 2.00. The molecule has 0 spiro atoms. The highest BCUT2D eigenvalue weighted by Crippen LogP contribution is 2.20. The number of nitrogens with zero attached hydrogens (tertiary/aromatic N) is 1. The minimum Gasteiger partial charge on any atom is -0.491 e. The number of hydrogen-bond donors (Lipinski definition) is 3. The van der Waals surface area contributed by atoms with E-state index in [1.54, 1.807) is 7.05 Å². The zero-order chi connectivity index (χ0) is 22.5. The normalized spacial score (nSPS) is 11.2. The number of hydrogen-bond acceptors (Lipinski definition) is 4. The molecule has 0 heterocycles. The lowest BCUT2D eigenvalue weighted by molar-refractivity contribution is 0.0963. The van der Waals surface area contributed by atoms with Crippen molar-refractivity contribution in [2.24, 2.45) is 4.99 Å². The molecule has 0 aliphatic carbocycles. The zero-order valence-corrected chi connectivity index (χ0v) is 19.0. The second-order valence-electron chi connectivity index (χ2n) is 6.98. The lowest BCUT2D eigenvalue weighted by atomic mass is 10.1. The van der Waals surface area contributed by atoms with Gasteiger partial charge in [-0.05, 0) is 50.1 Å². The van der Waals surface area contributed by atoms with Gasteiger partial charge in [0.1, 0.15) is 12.4 Å². The van der Waals surface area contributed by atoms with E-state index >= 15 is 0 Å². The molecule has 2 rings (SSSR count). The van der Waals surface area contributed by atoms with Gasteiger partial charge < -0.3 is 25.4 Å². The smallest absolute Gasteiger partial charge is 0.251 e. The summed E-state index contributed by atoms with van der Waals surface area (Å²) in [5.41, 5.74) is 3.87. The maximum absolute atomic E-state index is 11.7. The molecule has 0 aliphatic heterocycles. The molecule has 168 valence electrons. The number of rotatable bonds is 11. The number of carbonyl (C=O) groups is 1. The summed E-state index contributed by atoms with van der Waals surface area (Å²) >= 11 is 0. The molecule has 0 unspecified atom stereocenters. The predicted molar refractivity (Wildman–Crippen MR) is 125 cm³/mol. The van der Waals surface area contributed by atoms with E-state index < -0.39 is 0 Å². The lowest BCUT2D eigenvalue weighted by Crippen LogP contribution is -2.36. The van der Waals surface area contributed by atoms with Crippen LogP contribution in [0.25, 0.3) is 0 Å². The minimum absolute atomic E-state index is 0.0950. The Morgan fingerprint density at radius 2 is 1.81 bits per heavy atom. The molecular weight excluding hydrogens is 392 g/mol. The Morgan fingerprint density at radius 1 is 1.03 bits per heavy atom. The molecule has 7 heteroatoms. The average Bonchev–Trinajstić information content (AvgIpc) is 2.79. The van der Waals surface area contributed by atoms with E-state index in [4.69, 9.17) is 9.47 Å². The number of benzene rings is 2. The monoisotopic (exact) mass is 426 g/mol. The SMILES string of the molecule is CCNC(=NCc1ccc(C(=O)NC)cc1)NCc1ccc(C)cc1OCCOCC. The quantitative estimate of drug-likeness (QED) is 0.292. The van der Waals surface area contributed by atoms with Crippen LogP contribution in [0.3, 0.4) is 0 Å². The Labute approximate surface area is 185 Å². The molecule has 7 nitrogen and oxygen atoms in total. The first kappa shape index (κ1) is 24.2. The number of nitrogens with one attached hydrogen (secondary N) is 3. The van der Waals surface area contributed by atoms with Gasteiger partial charge in [0.25, 0.3) is 5.91 Å². The molecule has 0 atom stereocenters. The minimum atomic E-state index is -0.0950. The highest BCUT2D eigenvalue weighted by atomic mass is 16.5. The molecule has 0 aliphatic rings. The van der Waals surface area contributed by atoms with Crippen molar-refractivity contribution in [3.63, 3.8) is 0 Å². The summed E-state index contributed by atoms with van der Waals surface area (Å²) in [5, 5.41) is 9.26. The summed E-state index contributed by atoms with van der Waals surface area (Å²) in [6, 6.07) is 13.6. The summed E-state index contributed by atoms with van der Waals surface area (Å²) in [4.78, 5) is 16.3. The third kappa shape index (κ3) is 8.30. The standard InChI is InChI=1S/C24H34N4O3/c1-5-26-24(27-16-19-8-11-20(12-9-19)23(29)25-4)28-17-21-10-7-18(3)15-22(21)31-14-13-30-6-2/h7-12,15H,5-6,13-14,16-17H2,1-4H3,(H,25,29)(H2,26,27,28). The lowest BCUT2D eigenvalue weighted by Gasteiger charge is -2.15. The van der Waals surface area contributed by atoms with Crippen molar-refractivity contribution in [1.82, 2.24) is 16.0 Å². The fourth-order valence-electron chi connectivity index (χ4n) is 2.89. The van der Waals surface area contributed by atoms with Crippen molar-refractivity contribution in [1.29, 1.82) is 0 Å². The van der Waals surface area contributed by atoms with E-state index in [9.17, 15) is 4.79 Å². The first-order valence-corrected chi connectivity index (χ1v) is 10.7. The molecular formula is C24H34N4O3. The topological polar surface area (TPSA) is 84.0 Å². The van der Waals surface area contributed by atoms with Gasteiger partial charge in [-0.25, -0.2) is 4.99 Å². The van der Waals surface area contributed by atoms with E-state index in [1.165, 1.54) is 0 Å². The average molecular weight is 427 g/mol.